The van der Waals surface area contributed by atoms with Crippen LogP contribution in [0.4, 0.5) is 14.9 Å². The van der Waals surface area contributed by atoms with Crippen LogP contribution in [-0.2, 0) is 20.0 Å². The molecule has 2 aromatic rings. The number of amides is 2. The van der Waals surface area contributed by atoms with E-state index in [0.717, 1.165) is 30.0 Å². The molecule has 138 valence electrons. The molecular weight excluding hydrogens is 337 g/mol. The fourth-order valence-corrected chi connectivity index (χ4v) is 3.73. The van der Waals surface area contributed by atoms with Crippen LogP contribution in [0.25, 0.3) is 0 Å². The zero-order chi connectivity index (χ0) is 18.3. The Balaban J connectivity index is 1.38. The Morgan fingerprint density at radius 2 is 1.73 bits per heavy atom. The lowest BCUT2D eigenvalue weighted by Crippen LogP contribution is -2.53. The molecule has 7 nitrogen and oxygen atoms in total. The predicted molar refractivity (Wildman–Crippen MR) is 95.7 cm³/mol. The molecule has 0 aliphatic carbocycles. The van der Waals surface area contributed by atoms with Crippen LogP contribution in [0, 0.1) is 5.82 Å². The number of nitrogens with one attached hydrogen (secondary N) is 1. The van der Waals surface area contributed by atoms with Crippen molar-refractivity contribution in [3.8, 4) is 0 Å². The van der Waals surface area contributed by atoms with E-state index in [1.807, 2.05) is 4.90 Å². The number of benzene rings is 1. The Labute approximate surface area is 150 Å². The summed E-state index contributed by atoms with van der Waals surface area (Å²) in [6, 6.07) is 6.46. The van der Waals surface area contributed by atoms with Crippen molar-refractivity contribution in [2.45, 2.75) is 13.0 Å². The van der Waals surface area contributed by atoms with Gasteiger partial charge in [0.05, 0.1) is 12.2 Å². The molecule has 1 aromatic heterocycles. The molecule has 1 N–H and O–H groups in total. The van der Waals surface area contributed by atoms with E-state index in [2.05, 4.69) is 10.00 Å². The van der Waals surface area contributed by atoms with Gasteiger partial charge in [0.1, 0.15) is 5.82 Å². The number of carbonyl (C=O) groups excluding carboxylic acids is 1. The summed E-state index contributed by atoms with van der Waals surface area (Å²) >= 11 is 0. The number of aromatic amines is 1. The van der Waals surface area contributed by atoms with Crippen molar-refractivity contribution < 1.29 is 9.18 Å². The van der Waals surface area contributed by atoms with Crippen molar-refractivity contribution in [2.24, 2.45) is 7.05 Å². The minimum atomic E-state index is -0.244. The van der Waals surface area contributed by atoms with E-state index in [4.69, 9.17) is 0 Å². The number of nitrogens with zero attached hydrogens (tertiary/aromatic N) is 4. The fourth-order valence-electron chi connectivity index (χ4n) is 3.73. The quantitative estimate of drug-likeness (QED) is 0.831. The molecule has 0 spiro atoms. The molecule has 26 heavy (non-hydrogen) atoms. The molecule has 4 rings (SSSR count). The molecule has 1 aromatic carbocycles. The number of urea groups is 1. The molecule has 0 atom stereocenters. The lowest BCUT2D eigenvalue weighted by atomic mass is 10.1. The summed E-state index contributed by atoms with van der Waals surface area (Å²) in [5.41, 5.74) is 2.60. The molecule has 1 saturated heterocycles. The monoisotopic (exact) mass is 359 g/mol. The molecule has 2 aliphatic rings. The van der Waals surface area contributed by atoms with Crippen LogP contribution in [0.3, 0.4) is 0 Å². The number of hydrogen-bond donors (Lipinski definition) is 1. The second kappa shape index (κ2) is 6.51. The van der Waals surface area contributed by atoms with E-state index in [1.165, 1.54) is 16.8 Å². The minimum absolute atomic E-state index is 0.0000103. The molecule has 1 fully saturated rings. The average molecular weight is 359 g/mol. The van der Waals surface area contributed by atoms with Gasteiger partial charge in [0.2, 0.25) is 0 Å². The molecular formula is C18H22FN5O2. The highest BCUT2D eigenvalue weighted by atomic mass is 19.1. The number of aryl methyl sites for hydroxylation is 1. The van der Waals surface area contributed by atoms with E-state index in [0.29, 0.717) is 32.6 Å². The van der Waals surface area contributed by atoms with Gasteiger partial charge < -0.3 is 14.7 Å². The summed E-state index contributed by atoms with van der Waals surface area (Å²) < 4.78 is 14.5. The van der Waals surface area contributed by atoms with Gasteiger partial charge >= 0.3 is 6.03 Å². The summed E-state index contributed by atoms with van der Waals surface area (Å²) in [6.45, 7) is 3.71. The molecule has 0 unspecified atom stereocenters. The number of H-pyrrole nitrogens is 1. The summed E-state index contributed by atoms with van der Waals surface area (Å²) in [5, 5.41) is 3.04. The summed E-state index contributed by atoms with van der Waals surface area (Å²) in [6.07, 6.45) is 0.590. The van der Waals surface area contributed by atoms with Gasteiger partial charge in [-0.1, -0.05) is 0 Å². The van der Waals surface area contributed by atoms with Gasteiger partial charge in [-0.25, -0.2) is 9.18 Å². The lowest BCUT2D eigenvalue weighted by Gasteiger charge is -2.39. The highest BCUT2D eigenvalue weighted by molar-refractivity contribution is 5.75. The fraction of sp³-hybridized carbons (Fsp3) is 0.444. The summed E-state index contributed by atoms with van der Waals surface area (Å²) in [7, 11) is 1.70. The Morgan fingerprint density at radius 3 is 2.42 bits per heavy atom. The van der Waals surface area contributed by atoms with Crippen molar-refractivity contribution in [3.05, 3.63) is 51.7 Å². The minimum Gasteiger partial charge on any atom is -0.368 e. The van der Waals surface area contributed by atoms with E-state index in [-0.39, 0.29) is 17.4 Å². The van der Waals surface area contributed by atoms with Gasteiger partial charge in [-0.15, -0.1) is 0 Å². The first-order valence-electron chi connectivity index (χ1n) is 8.84. The van der Waals surface area contributed by atoms with Crippen molar-refractivity contribution >= 4 is 11.7 Å². The summed E-state index contributed by atoms with van der Waals surface area (Å²) in [4.78, 5) is 30.6. The molecule has 0 bridgehead atoms. The number of aromatic nitrogens is 2. The van der Waals surface area contributed by atoms with Gasteiger partial charge in [-0.05, 0) is 30.7 Å². The third-order valence-electron chi connectivity index (χ3n) is 5.22. The van der Waals surface area contributed by atoms with Crippen LogP contribution in [-0.4, -0.2) is 58.3 Å². The lowest BCUT2D eigenvalue weighted by molar-refractivity contribution is 0.144. The van der Waals surface area contributed by atoms with Crippen LogP contribution >= 0.6 is 0 Å². The van der Waals surface area contributed by atoms with Crippen molar-refractivity contribution in [2.75, 3.05) is 37.6 Å². The Morgan fingerprint density at radius 1 is 1.04 bits per heavy atom. The van der Waals surface area contributed by atoms with Crippen LogP contribution < -0.4 is 10.5 Å². The molecule has 2 amide bonds. The smallest absolute Gasteiger partial charge is 0.320 e. The van der Waals surface area contributed by atoms with Crippen LogP contribution in [0.1, 0.15) is 11.3 Å². The first kappa shape index (κ1) is 16.7. The van der Waals surface area contributed by atoms with E-state index >= 15 is 0 Å². The number of fused-ring (bicyclic) bond motifs is 1. The Kier molecular flexibility index (Phi) is 4.18. The van der Waals surface area contributed by atoms with Gasteiger partial charge in [-0.2, -0.15) is 0 Å². The number of carbonyl (C=O) groups is 1. The molecule has 3 heterocycles. The second-order valence-corrected chi connectivity index (χ2v) is 6.84. The third-order valence-corrected chi connectivity index (χ3v) is 5.22. The molecule has 0 radical (unpaired) electrons. The Bertz CT molecular complexity index is 865. The maximum Gasteiger partial charge on any atom is 0.320 e. The first-order valence-corrected chi connectivity index (χ1v) is 8.84. The number of halogens is 1. The molecule has 0 saturated carbocycles. The van der Waals surface area contributed by atoms with Gasteiger partial charge in [-0.3, -0.25) is 14.6 Å². The van der Waals surface area contributed by atoms with Crippen LogP contribution in [0.15, 0.2) is 29.1 Å². The predicted octanol–water partition coefficient (Wildman–Crippen LogP) is 1.15. The number of anilines is 1. The van der Waals surface area contributed by atoms with Crippen molar-refractivity contribution in [1.82, 2.24) is 19.6 Å². The summed E-state index contributed by atoms with van der Waals surface area (Å²) in [5.74, 6) is -0.244. The number of piperazine rings is 1. The largest absolute Gasteiger partial charge is 0.368 e. The zero-order valence-electron chi connectivity index (χ0n) is 14.7. The SMILES string of the molecule is Cn1[nH]c2c(c1=O)CCN(C(=O)N1CCN(c3ccc(F)cc3)CC1)C2. The zero-order valence-corrected chi connectivity index (χ0v) is 14.7. The highest BCUT2D eigenvalue weighted by Gasteiger charge is 2.29. The number of hydrogen-bond acceptors (Lipinski definition) is 3. The first-order chi connectivity index (χ1) is 12.5. The topological polar surface area (TPSA) is 64.6 Å². The second-order valence-electron chi connectivity index (χ2n) is 6.84. The van der Waals surface area contributed by atoms with Crippen molar-refractivity contribution in [1.29, 1.82) is 0 Å². The number of rotatable bonds is 1. The van der Waals surface area contributed by atoms with Crippen LogP contribution in [0.5, 0.6) is 0 Å². The normalized spacial score (nSPS) is 17.4. The Hall–Kier alpha value is -2.77. The van der Waals surface area contributed by atoms with E-state index < -0.39 is 0 Å². The standard InChI is InChI=1S/C18H22FN5O2/c1-21-17(25)15-6-7-24(12-16(15)20-21)18(26)23-10-8-22(9-11-23)14-4-2-13(19)3-5-14/h2-5,20H,6-12H2,1H3. The van der Waals surface area contributed by atoms with E-state index in [9.17, 15) is 14.0 Å². The van der Waals surface area contributed by atoms with Gasteiger partial charge in [0, 0.05) is 51.0 Å². The van der Waals surface area contributed by atoms with Crippen molar-refractivity contribution in [3.63, 3.8) is 0 Å². The highest BCUT2D eigenvalue weighted by Crippen LogP contribution is 2.19. The van der Waals surface area contributed by atoms with Gasteiger partial charge in [0.25, 0.3) is 5.56 Å². The average Bonchev–Trinajstić information content (AvgIpc) is 2.95. The molecule has 8 heteroatoms. The molecule has 2 aliphatic heterocycles. The van der Waals surface area contributed by atoms with Gasteiger partial charge in [0.15, 0.2) is 0 Å². The maximum absolute atomic E-state index is 13.1. The van der Waals surface area contributed by atoms with Crippen LogP contribution in [0.2, 0.25) is 0 Å². The third kappa shape index (κ3) is 2.95. The van der Waals surface area contributed by atoms with E-state index in [1.54, 1.807) is 24.1 Å². The maximum atomic E-state index is 13.1.